The summed E-state index contributed by atoms with van der Waals surface area (Å²) in [5, 5.41) is 3.41. The number of ether oxygens (including phenoxy) is 1. The van der Waals surface area contributed by atoms with E-state index in [-0.39, 0.29) is 11.9 Å². The molecule has 1 aliphatic carbocycles. The Kier molecular flexibility index (Phi) is 4.40. The summed E-state index contributed by atoms with van der Waals surface area (Å²) < 4.78 is 19.9. The first kappa shape index (κ1) is 16.7. The number of amides is 1. The number of carbonyl (C=O) groups excluding carboxylic acids is 1. The Balaban J connectivity index is 1.46. The summed E-state index contributed by atoms with van der Waals surface area (Å²) in [6.07, 6.45) is -0.234. The largest absolute Gasteiger partial charge is 0.444 e. The minimum absolute atomic E-state index is 0.201. The number of piperidine rings is 1. The van der Waals surface area contributed by atoms with Crippen molar-refractivity contribution in [3.8, 4) is 0 Å². The molecule has 2 fully saturated rings. The third kappa shape index (κ3) is 3.86. The Hall–Kier alpha value is -1.14. The Morgan fingerprint density at radius 2 is 2.04 bits per heavy atom. The molecule has 0 spiro atoms. The van der Waals surface area contributed by atoms with E-state index in [0.29, 0.717) is 30.0 Å². The van der Waals surface area contributed by atoms with E-state index in [1.54, 1.807) is 11.0 Å². The van der Waals surface area contributed by atoms with Crippen molar-refractivity contribution in [3.05, 3.63) is 34.1 Å². The highest BCUT2D eigenvalue weighted by Crippen LogP contribution is 2.46. The molecule has 2 aliphatic rings. The van der Waals surface area contributed by atoms with E-state index in [1.807, 2.05) is 26.8 Å². The molecule has 2 unspecified atom stereocenters. The van der Waals surface area contributed by atoms with Crippen LogP contribution in [0.1, 0.15) is 26.3 Å². The van der Waals surface area contributed by atoms with Crippen LogP contribution in [0.2, 0.25) is 0 Å². The molecule has 1 aromatic carbocycles. The van der Waals surface area contributed by atoms with Crippen LogP contribution in [0.5, 0.6) is 0 Å². The van der Waals surface area contributed by atoms with E-state index in [1.165, 1.54) is 6.07 Å². The van der Waals surface area contributed by atoms with Gasteiger partial charge in [0.05, 0.1) is 0 Å². The zero-order valence-corrected chi connectivity index (χ0v) is 15.2. The Morgan fingerprint density at radius 3 is 2.61 bits per heavy atom. The predicted molar refractivity (Wildman–Crippen MR) is 89.5 cm³/mol. The maximum atomic E-state index is 13.8. The molecule has 3 rings (SSSR count). The lowest BCUT2D eigenvalue weighted by atomic mass is 10.2. The van der Waals surface area contributed by atoms with Crippen LogP contribution in [0.3, 0.4) is 0 Å². The van der Waals surface area contributed by atoms with Crippen LogP contribution in [0.15, 0.2) is 22.7 Å². The van der Waals surface area contributed by atoms with E-state index in [2.05, 4.69) is 21.2 Å². The van der Waals surface area contributed by atoms with Crippen LogP contribution in [0, 0.1) is 17.7 Å². The zero-order chi connectivity index (χ0) is 16.8. The van der Waals surface area contributed by atoms with Crippen LogP contribution in [0.25, 0.3) is 0 Å². The molecule has 1 N–H and O–H groups in total. The fraction of sp³-hybridized carbons (Fsp3) is 0.588. The minimum atomic E-state index is -0.458. The van der Waals surface area contributed by atoms with Gasteiger partial charge >= 0.3 is 6.09 Å². The number of hydrogen-bond donors (Lipinski definition) is 1. The minimum Gasteiger partial charge on any atom is -0.444 e. The van der Waals surface area contributed by atoms with Crippen LogP contribution in [-0.4, -0.2) is 35.7 Å². The van der Waals surface area contributed by atoms with Crippen molar-refractivity contribution < 1.29 is 13.9 Å². The number of benzene rings is 1. The average molecular weight is 385 g/mol. The van der Waals surface area contributed by atoms with Crippen molar-refractivity contribution in [1.29, 1.82) is 0 Å². The lowest BCUT2D eigenvalue weighted by molar-refractivity contribution is 0.0269. The third-order valence-corrected chi connectivity index (χ3v) is 4.88. The molecule has 0 radical (unpaired) electrons. The normalized spacial score (nSPS) is 26.1. The van der Waals surface area contributed by atoms with Crippen molar-refractivity contribution >= 4 is 22.0 Å². The summed E-state index contributed by atoms with van der Waals surface area (Å²) in [5.41, 5.74) is 0.211. The van der Waals surface area contributed by atoms with E-state index in [4.69, 9.17) is 4.74 Å². The molecule has 126 valence electrons. The van der Waals surface area contributed by atoms with Gasteiger partial charge in [-0.05, 0) is 44.7 Å². The number of hydrogen-bond acceptors (Lipinski definition) is 3. The number of carbonyl (C=O) groups is 1. The van der Waals surface area contributed by atoms with Crippen molar-refractivity contribution in [2.45, 2.75) is 39.0 Å². The van der Waals surface area contributed by atoms with Gasteiger partial charge in [-0.15, -0.1) is 0 Å². The highest BCUT2D eigenvalue weighted by atomic mass is 79.9. The van der Waals surface area contributed by atoms with Crippen LogP contribution in [-0.2, 0) is 11.3 Å². The van der Waals surface area contributed by atoms with Crippen molar-refractivity contribution in [1.82, 2.24) is 10.2 Å². The molecule has 1 amide bonds. The Morgan fingerprint density at radius 1 is 1.39 bits per heavy atom. The molecule has 1 saturated carbocycles. The molecular formula is C17H22BrFN2O2. The maximum absolute atomic E-state index is 13.8. The Bertz CT molecular complexity index is 605. The summed E-state index contributed by atoms with van der Waals surface area (Å²) in [4.78, 5) is 13.8. The van der Waals surface area contributed by atoms with Crippen LogP contribution in [0.4, 0.5) is 9.18 Å². The molecule has 0 bridgehead atoms. The molecule has 0 aromatic heterocycles. The molecule has 2 atom stereocenters. The second-order valence-corrected chi connectivity index (χ2v) is 8.27. The standard InChI is InChI=1S/C17H22BrFN2O2/c1-17(2,3)23-16(22)21-8-12-13(9-21)15(12)20-7-10-4-5-11(18)6-14(10)19/h4-6,12-13,15,20H,7-9H2,1-3H3. The summed E-state index contributed by atoms with van der Waals surface area (Å²) in [5.74, 6) is 0.718. The average Bonchev–Trinajstić information content (AvgIpc) is 2.88. The number of fused-ring (bicyclic) bond motifs is 1. The monoisotopic (exact) mass is 384 g/mol. The van der Waals surface area contributed by atoms with E-state index in [9.17, 15) is 9.18 Å². The van der Waals surface area contributed by atoms with Gasteiger partial charge in [-0.25, -0.2) is 9.18 Å². The van der Waals surface area contributed by atoms with Gasteiger partial charge < -0.3 is 15.0 Å². The first-order valence-electron chi connectivity index (χ1n) is 7.90. The summed E-state index contributed by atoms with van der Waals surface area (Å²) in [7, 11) is 0. The van der Waals surface area contributed by atoms with Gasteiger partial charge in [0.2, 0.25) is 0 Å². The first-order chi connectivity index (χ1) is 10.7. The SMILES string of the molecule is CC(C)(C)OC(=O)N1CC2C(C1)C2NCc1ccc(Br)cc1F. The first-order valence-corrected chi connectivity index (χ1v) is 8.69. The lowest BCUT2D eigenvalue weighted by Gasteiger charge is -2.26. The molecule has 1 aliphatic heterocycles. The van der Waals surface area contributed by atoms with Crippen molar-refractivity contribution in [3.63, 3.8) is 0 Å². The molecule has 1 aromatic rings. The smallest absolute Gasteiger partial charge is 0.410 e. The predicted octanol–water partition coefficient (Wildman–Crippen LogP) is 3.54. The van der Waals surface area contributed by atoms with Gasteiger partial charge in [0.25, 0.3) is 0 Å². The zero-order valence-electron chi connectivity index (χ0n) is 13.6. The van der Waals surface area contributed by atoms with Gasteiger partial charge in [-0.3, -0.25) is 0 Å². The topological polar surface area (TPSA) is 41.6 Å². The maximum Gasteiger partial charge on any atom is 0.410 e. The van der Waals surface area contributed by atoms with Gasteiger partial charge in [0, 0.05) is 35.7 Å². The molecule has 4 nitrogen and oxygen atoms in total. The number of nitrogens with one attached hydrogen (secondary N) is 1. The fourth-order valence-corrected chi connectivity index (χ4v) is 3.53. The van der Waals surface area contributed by atoms with E-state index in [0.717, 1.165) is 17.6 Å². The summed E-state index contributed by atoms with van der Waals surface area (Å²) in [6.45, 7) is 7.58. The quantitative estimate of drug-likeness (QED) is 0.866. The second-order valence-electron chi connectivity index (χ2n) is 7.36. The molecular weight excluding hydrogens is 363 g/mol. The van der Waals surface area contributed by atoms with E-state index < -0.39 is 5.60 Å². The van der Waals surface area contributed by atoms with Gasteiger partial charge in [0.15, 0.2) is 0 Å². The second kappa shape index (κ2) is 6.06. The van der Waals surface area contributed by atoms with Crippen molar-refractivity contribution in [2.75, 3.05) is 13.1 Å². The number of nitrogens with zero attached hydrogens (tertiary/aromatic N) is 1. The van der Waals surface area contributed by atoms with Crippen LogP contribution < -0.4 is 5.32 Å². The van der Waals surface area contributed by atoms with Gasteiger partial charge in [0.1, 0.15) is 11.4 Å². The lowest BCUT2D eigenvalue weighted by Crippen LogP contribution is -2.39. The fourth-order valence-electron chi connectivity index (χ4n) is 3.20. The number of rotatable bonds is 3. The highest BCUT2D eigenvalue weighted by Gasteiger charge is 2.56. The number of halogens is 2. The van der Waals surface area contributed by atoms with Gasteiger partial charge in [-0.2, -0.15) is 0 Å². The molecule has 23 heavy (non-hydrogen) atoms. The number of likely N-dealkylation sites (tertiary alicyclic amines) is 1. The summed E-state index contributed by atoms with van der Waals surface area (Å²) >= 11 is 3.26. The van der Waals surface area contributed by atoms with E-state index >= 15 is 0 Å². The molecule has 1 heterocycles. The van der Waals surface area contributed by atoms with Crippen molar-refractivity contribution in [2.24, 2.45) is 11.8 Å². The third-order valence-electron chi connectivity index (χ3n) is 4.39. The van der Waals surface area contributed by atoms with Crippen LogP contribution >= 0.6 is 15.9 Å². The van der Waals surface area contributed by atoms with Gasteiger partial charge in [-0.1, -0.05) is 22.0 Å². The highest BCUT2D eigenvalue weighted by molar-refractivity contribution is 9.10. The molecule has 6 heteroatoms. The summed E-state index contributed by atoms with van der Waals surface area (Å²) in [6, 6.07) is 5.49. The molecule has 1 saturated heterocycles. The Labute approximate surface area is 144 Å².